The van der Waals surface area contributed by atoms with E-state index in [1.807, 2.05) is 0 Å². The second kappa shape index (κ2) is 10.7. The van der Waals surface area contributed by atoms with E-state index in [1.165, 1.54) is 18.3 Å². The zero-order valence-corrected chi connectivity index (χ0v) is 19.8. The summed E-state index contributed by atoms with van der Waals surface area (Å²) in [7, 11) is 0.780. The number of allylic oxidation sites excluding steroid dienone is 1. The fraction of sp³-hybridized carbons (Fsp3) is 0.182. The Balaban J connectivity index is 1.98. The van der Waals surface area contributed by atoms with Crippen LogP contribution in [-0.4, -0.2) is 26.7 Å². The van der Waals surface area contributed by atoms with Gasteiger partial charge in [0.05, 0.1) is 10.7 Å². The highest BCUT2D eigenvalue weighted by atomic mass is 35.5. The van der Waals surface area contributed by atoms with E-state index in [9.17, 15) is 31.9 Å². The predicted octanol–water partition coefficient (Wildman–Crippen LogP) is 3.50. The highest BCUT2D eigenvalue weighted by Crippen LogP contribution is 2.36. The summed E-state index contributed by atoms with van der Waals surface area (Å²) in [6, 6.07) is 4.48. The highest BCUT2D eigenvalue weighted by Gasteiger charge is 2.35. The zero-order chi connectivity index (χ0) is 27.5. The van der Waals surface area contributed by atoms with E-state index in [0.29, 0.717) is 11.8 Å². The molecule has 0 amide bonds. The van der Waals surface area contributed by atoms with Crippen LogP contribution in [0.4, 0.5) is 17.6 Å². The average Bonchev–Trinajstić information content (AvgIpc) is 2.81. The number of hydrogen-bond acceptors (Lipinski definition) is 8. The summed E-state index contributed by atoms with van der Waals surface area (Å²) in [6.45, 7) is 4.43. The van der Waals surface area contributed by atoms with Crippen molar-refractivity contribution in [3.63, 3.8) is 0 Å². The summed E-state index contributed by atoms with van der Waals surface area (Å²) in [5.74, 6) is -2.66. The van der Waals surface area contributed by atoms with Crippen LogP contribution in [0.15, 0.2) is 58.4 Å². The molecule has 0 bridgehead atoms. The molecule has 0 atom stereocenters. The number of halogens is 5. The first-order valence-electron chi connectivity index (χ1n) is 10.1. The molecule has 37 heavy (non-hydrogen) atoms. The molecule has 2 aromatic heterocycles. The van der Waals surface area contributed by atoms with Crippen LogP contribution in [0.2, 0.25) is 5.02 Å². The number of ether oxygens (including phenoxy) is 2. The van der Waals surface area contributed by atoms with Crippen molar-refractivity contribution in [2.75, 3.05) is 6.61 Å². The molecule has 0 spiro atoms. The van der Waals surface area contributed by atoms with Crippen LogP contribution in [0.25, 0.3) is 5.69 Å². The molecule has 3 aromatic rings. The van der Waals surface area contributed by atoms with Crippen LogP contribution in [-0.2, 0) is 22.9 Å². The standard InChI is InChI=1S/C22H17ClF4N4O6/c1-11(2)29-37-19(33)10-35-20-15(5-4-6-28-20)36-16-8-14(13(24)7-12(16)23)31-18(32)9-17(22(25,26)27)30(3)21(31)34/h4-9,29H,1,10H2,2-3H3. The molecule has 0 aliphatic heterocycles. The summed E-state index contributed by atoms with van der Waals surface area (Å²) in [4.78, 5) is 45.3. The van der Waals surface area contributed by atoms with Crippen molar-refractivity contribution in [2.45, 2.75) is 13.1 Å². The first kappa shape index (κ1) is 27.3. The lowest BCUT2D eigenvalue weighted by Crippen LogP contribution is -2.41. The fourth-order valence-corrected chi connectivity index (χ4v) is 3.06. The number of aromatic nitrogens is 3. The van der Waals surface area contributed by atoms with Crippen molar-refractivity contribution in [1.29, 1.82) is 0 Å². The number of benzene rings is 1. The Morgan fingerprint density at radius 1 is 1.22 bits per heavy atom. The maximum atomic E-state index is 14.7. The number of alkyl halides is 3. The molecular formula is C22H17ClF4N4O6. The van der Waals surface area contributed by atoms with E-state index < -0.39 is 47.2 Å². The van der Waals surface area contributed by atoms with Crippen molar-refractivity contribution in [2.24, 2.45) is 7.05 Å². The monoisotopic (exact) mass is 544 g/mol. The maximum Gasteiger partial charge on any atom is 0.431 e. The average molecular weight is 545 g/mol. The minimum absolute atomic E-state index is 0.115. The molecule has 0 saturated carbocycles. The first-order chi connectivity index (χ1) is 17.3. The van der Waals surface area contributed by atoms with Crippen molar-refractivity contribution in [3.8, 4) is 23.1 Å². The van der Waals surface area contributed by atoms with E-state index in [-0.39, 0.29) is 37.6 Å². The number of rotatable bonds is 8. The van der Waals surface area contributed by atoms with E-state index >= 15 is 0 Å². The number of pyridine rings is 1. The molecule has 0 aliphatic carbocycles. The van der Waals surface area contributed by atoms with Gasteiger partial charge in [0.1, 0.15) is 17.3 Å². The molecule has 196 valence electrons. The third kappa shape index (κ3) is 6.27. The lowest BCUT2D eigenvalue weighted by molar-refractivity contribution is -0.152. The lowest BCUT2D eigenvalue weighted by atomic mass is 10.2. The SMILES string of the molecule is C=C(C)NOC(=O)COc1ncccc1Oc1cc(-n2c(=O)cc(C(F)(F)F)n(C)c2=O)c(F)cc1Cl. The molecule has 0 aliphatic rings. The molecule has 0 radical (unpaired) electrons. The van der Waals surface area contributed by atoms with Crippen LogP contribution in [0, 0.1) is 5.82 Å². The van der Waals surface area contributed by atoms with E-state index in [4.69, 9.17) is 21.1 Å². The van der Waals surface area contributed by atoms with Crippen LogP contribution in [0.5, 0.6) is 17.4 Å². The smallest absolute Gasteiger partial charge is 0.431 e. The van der Waals surface area contributed by atoms with Gasteiger partial charge in [-0.15, -0.1) is 0 Å². The Morgan fingerprint density at radius 2 is 1.92 bits per heavy atom. The van der Waals surface area contributed by atoms with Gasteiger partial charge in [-0.05, 0) is 25.1 Å². The number of hydrogen-bond donors (Lipinski definition) is 1. The normalized spacial score (nSPS) is 11.1. The second-order valence-corrected chi connectivity index (χ2v) is 7.74. The van der Waals surface area contributed by atoms with Gasteiger partial charge in [-0.1, -0.05) is 18.2 Å². The Kier molecular flexibility index (Phi) is 7.91. The third-order valence-electron chi connectivity index (χ3n) is 4.47. The van der Waals surface area contributed by atoms with Gasteiger partial charge in [0.25, 0.3) is 11.4 Å². The number of carbonyl (C=O) groups excluding carboxylic acids is 1. The van der Waals surface area contributed by atoms with Gasteiger partial charge in [0, 0.05) is 31.1 Å². The van der Waals surface area contributed by atoms with Crippen molar-refractivity contribution in [1.82, 2.24) is 19.6 Å². The maximum absolute atomic E-state index is 14.7. The molecule has 0 fully saturated rings. The Labute approximate surface area is 210 Å². The third-order valence-corrected chi connectivity index (χ3v) is 4.77. The van der Waals surface area contributed by atoms with Crippen LogP contribution in [0.3, 0.4) is 0 Å². The topological polar surface area (TPSA) is 114 Å². The van der Waals surface area contributed by atoms with E-state index in [2.05, 4.69) is 21.9 Å². The Bertz CT molecular complexity index is 1490. The van der Waals surface area contributed by atoms with Gasteiger partial charge in [-0.2, -0.15) is 13.2 Å². The van der Waals surface area contributed by atoms with E-state index in [1.54, 1.807) is 6.92 Å². The summed E-state index contributed by atoms with van der Waals surface area (Å²) >= 11 is 6.05. The van der Waals surface area contributed by atoms with Gasteiger partial charge in [0.2, 0.25) is 0 Å². The summed E-state index contributed by atoms with van der Waals surface area (Å²) in [6.07, 6.45) is -3.69. The van der Waals surface area contributed by atoms with Gasteiger partial charge >= 0.3 is 17.8 Å². The van der Waals surface area contributed by atoms with Crippen molar-refractivity contribution >= 4 is 17.6 Å². The molecule has 10 nitrogen and oxygen atoms in total. The van der Waals surface area contributed by atoms with Gasteiger partial charge < -0.3 is 14.3 Å². The molecule has 0 saturated heterocycles. The van der Waals surface area contributed by atoms with Crippen molar-refractivity contribution < 1.29 is 36.7 Å². The predicted molar refractivity (Wildman–Crippen MR) is 121 cm³/mol. The second-order valence-electron chi connectivity index (χ2n) is 7.33. The molecule has 1 aromatic carbocycles. The lowest BCUT2D eigenvalue weighted by Gasteiger charge is -2.16. The summed E-state index contributed by atoms with van der Waals surface area (Å²) in [5, 5.41) is -0.321. The minimum atomic E-state index is -5.00. The Hall–Kier alpha value is -4.33. The molecular weight excluding hydrogens is 528 g/mol. The molecule has 15 heteroatoms. The number of hydroxylamine groups is 1. The Morgan fingerprint density at radius 3 is 2.57 bits per heavy atom. The number of nitrogens with one attached hydrogen (secondary N) is 1. The summed E-state index contributed by atoms with van der Waals surface area (Å²) < 4.78 is 65.4. The number of carbonyl (C=O) groups is 1. The fourth-order valence-electron chi connectivity index (χ4n) is 2.87. The minimum Gasteiger partial charge on any atom is -0.463 e. The first-order valence-corrected chi connectivity index (χ1v) is 10.4. The molecule has 2 heterocycles. The van der Waals surface area contributed by atoms with Crippen LogP contribution in [0.1, 0.15) is 12.6 Å². The largest absolute Gasteiger partial charge is 0.463 e. The zero-order valence-electron chi connectivity index (χ0n) is 19.1. The molecule has 1 N–H and O–H groups in total. The molecule has 0 unspecified atom stereocenters. The molecule has 3 rings (SSSR count). The quantitative estimate of drug-likeness (QED) is 0.339. The summed E-state index contributed by atoms with van der Waals surface area (Å²) in [5.41, 5.74) is -2.52. The van der Waals surface area contributed by atoms with Crippen LogP contribution < -0.4 is 26.2 Å². The highest BCUT2D eigenvalue weighted by molar-refractivity contribution is 6.32. The number of nitrogens with zero attached hydrogens (tertiary/aromatic N) is 3. The van der Waals surface area contributed by atoms with E-state index in [0.717, 1.165) is 13.1 Å². The van der Waals surface area contributed by atoms with Gasteiger partial charge in [0.15, 0.2) is 12.4 Å². The van der Waals surface area contributed by atoms with Gasteiger partial charge in [-0.3, -0.25) is 9.36 Å². The van der Waals surface area contributed by atoms with Crippen LogP contribution >= 0.6 is 11.6 Å². The van der Waals surface area contributed by atoms with Crippen molar-refractivity contribution in [3.05, 3.63) is 86.2 Å². The van der Waals surface area contributed by atoms with Gasteiger partial charge in [-0.25, -0.2) is 29.0 Å².